The highest BCUT2D eigenvalue weighted by molar-refractivity contribution is 7.11. The third-order valence-electron chi connectivity index (χ3n) is 2.62. The van der Waals surface area contributed by atoms with Crippen molar-refractivity contribution in [1.82, 2.24) is 10.6 Å². The normalized spacial score (nSPS) is 12.7. The highest BCUT2D eigenvalue weighted by Gasteiger charge is 2.09. The van der Waals surface area contributed by atoms with Crippen LogP contribution >= 0.6 is 11.3 Å². The van der Waals surface area contributed by atoms with Gasteiger partial charge in [-0.25, -0.2) is 0 Å². The number of rotatable bonds is 7. The van der Waals surface area contributed by atoms with Gasteiger partial charge in [-0.2, -0.15) is 0 Å². The Morgan fingerprint density at radius 3 is 2.61 bits per heavy atom. The van der Waals surface area contributed by atoms with Crippen molar-refractivity contribution >= 4 is 17.2 Å². The molecule has 1 heterocycles. The average molecular weight is 268 g/mol. The summed E-state index contributed by atoms with van der Waals surface area (Å²) in [4.78, 5) is 14.3. The first-order valence-electron chi connectivity index (χ1n) is 6.55. The summed E-state index contributed by atoms with van der Waals surface area (Å²) in [6.07, 6.45) is 1.47. The molecule has 1 atom stereocenters. The highest BCUT2D eigenvalue weighted by Crippen LogP contribution is 2.16. The molecule has 0 fully saturated rings. The van der Waals surface area contributed by atoms with Crippen LogP contribution in [0.25, 0.3) is 0 Å². The molecule has 0 aliphatic heterocycles. The second kappa shape index (κ2) is 7.54. The molecule has 0 aliphatic rings. The number of nitrogens with one attached hydrogen (secondary N) is 2. The lowest BCUT2D eigenvalue weighted by Crippen LogP contribution is -2.36. The summed E-state index contributed by atoms with van der Waals surface area (Å²) in [7, 11) is 0. The van der Waals surface area contributed by atoms with Crippen molar-refractivity contribution in [3.05, 3.63) is 21.9 Å². The van der Waals surface area contributed by atoms with E-state index in [1.807, 2.05) is 0 Å². The molecule has 0 saturated carbocycles. The smallest absolute Gasteiger partial charge is 0.221 e. The van der Waals surface area contributed by atoms with E-state index in [0.29, 0.717) is 12.5 Å². The quantitative estimate of drug-likeness (QED) is 0.798. The van der Waals surface area contributed by atoms with Gasteiger partial charge in [0.15, 0.2) is 0 Å². The second-order valence-electron chi connectivity index (χ2n) is 5.04. The lowest BCUT2D eigenvalue weighted by Gasteiger charge is -2.13. The van der Waals surface area contributed by atoms with Gasteiger partial charge in [0.2, 0.25) is 5.91 Å². The standard InChI is InChI=1S/C14H24N2OS/c1-10(2)15-8-7-14(17)16-11(3)9-13-6-5-12(4)18-13/h5-6,10-11,15H,7-9H2,1-4H3,(H,16,17). The number of carbonyl (C=O) groups excluding carboxylic acids is 1. The van der Waals surface area contributed by atoms with E-state index in [2.05, 4.69) is 50.5 Å². The van der Waals surface area contributed by atoms with Crippen molar-refractivity contribution in [2.45, 2.75) is 52.6 Å². The summed E-state index contributed by atoms with van der Waals surface area (Å²) < 4.78 is 0. The van der Waals surface area contributed by atoms with E-state index in [1.54, 1.807) is 11.3 Å². The first-order chi connectivity index (χ1) is 8.47. The van der Waals surface area contributed by atoms with Crippen LogP contribution in [0.5, 0.6) is 0 Å². The number of thiophene rings is 1. The van der Waals surface area contributed by atoms with Gasteiger partial charge < -0.3 is 10.6 Å². The average Bonchev–Trinajstić information content (AvgIpc) is 2.62. The Labute approximate surface area is 114 Å². The summed E-state index contributed by atoms with van der Waals surface area (Å²) in [6.45, 7) is 9.07. The minimum absolute atomic E-state index is 0.129. The van der Waals surface area contributed by atoms with Gasteiger partial charge in [-0.1, -0.05) is 13.8 Å². The van der Waals surface area contributed by atoms with Gasteiger partial charge in [0.05, 0.1) is 0 Å². The van der Waals surface area contributed by atoms with Crippen molar-refractivity contribution < 1.29 is 4.79 Å². The van der Waals surface area contributed by atoms with Gasteiger partial charge in [0.1, 0.15) is 0 Å². The molecule has 1 unspecified atom stereocenters. The highest BCUT2D eigenvalue weighted by atomic mass is 32.1. The number of carbonyl (C=O) groups is 1. The molecule has 1 rings (SSSR count). The third-order valence-corrected chi connectivity index (χ3v) is 3.64. The lowest BCUT2D eigenvalue weighted by molar-refractivity contribution is -0.121. The predicted molar refractivity (Wildman–Crippen MR) is 78.1 cm³/mol. The maximum Gasteiger partial charge on any atom is 0.221 e. The van der Waals surface area contributed by atoms with E-state index in [0.717, 1.165) is 13.0 Å². The molecule has 2 N–H and O–H groups in total. The molecule has 1 aromatic rings. The molecule has 0 aromatic carbocycles. The van der Waals surface area contributed by atoms with Crippen LogP contribution in [0.3, 0.4) is 0 Å². The van der Waals surface area contributed by atoms with Gasteiger partial charge in [-0.05, 0) is 26.0 Å². The van der Waals surface area contributed by atoms with Crippen LogP contribution in [0, 0.1) is 6.92 Å². The van der Waals surface area contributed by atoms with Crippen LogP contribution in [0.15, 0.2) is 12.1 Å². The Bertz CT molecular complexity index is 374. The molecule has 0 saturated heterocycles. The predicted octanol–water partition coefficient (Wildman–Crippen LogP) is 2.49. The van der Waals surface area contributed by atoms with Crippen molar-refractivity contribution in [2.24, 2.45) is 0 Å². The van der Waals surface area contributed by atoms with E-state index in [9.17, 15) is 4.79 Å². The van der Waals surface area contributed by atoms with Crippen LogP contribution in [0.4, 0.5) is 0 Å². The SMILES string of the molecule is Cc1ccc(CC(C)NC(=O)CCNC(C)C)s1. The number of aryl methyl sites for hydroxylation is 1. The number of amides is 1. The fourth-order valence-corrected chi connectivity index (χ4v) is 2.79. The summed E-state index contributed by atoms with van der Waals surface area (Å²) in [5, 5.41) is 6.28. The molecule has 0 radical (unpaired) electrons. The van der Waals surface area contributed by atoms with Crippen LogP contribution < -0.4 is 10.6 Å². The van der Waals surface area contributed by atoms with Crippen molar-refractivity contribution in [1.29, 1.82) is 0 Å². The zero-order valence-electron chi connectivity index (χ0n) is 11.7. The lowest BCUT2D eigenvalue weighted by atomic mass is 10.2. The topological polar surface area (TPSA) is 41.1 Å². The van der Waals surface area contributed by atoms with E-state index < -0.39 is 0 Å². The summed E-state index contributed by atoms with van der Waals surface area (Å²) in [5.41, 5.74) is 0. The Balaban J connectivity index is 2.23. The first kappa shape index (κ1) is 15.2. The summed E-state index contributed by atoms with van der Waals surface area (Å²) >= 11 is 1.80. The second-order valence-corrected chi connectivity index (χ2v) is 6.42. The first-order valence-corrected chi connectivity index (χ1v) is 7.37. The number of hydrogen-bond donors (Lipinski definition) is 2. The fourth-order valence-electron chi connectivity index (χ4n) is 1.77. The molecule has 18 heavy (non-hydrogen) atoms. The van der Waals surface area contributed by atoms with Crippen LogP contribution in [0.2, 0.25) is 0 Å². The Morgan fingerprint density at radius 2 is 2.06 bits per heavy atom. The van der Waals surface area contributed by atoms with Gasteiger partial charge in [0, 0.05) is 41.2 Å². The molecule has 0 aliphatic carbocycles. The molecule has 4 heteroatoms. The zero-order chi connectivity index (χ0) is 13.5. The maximum absolute atomic E-state index is 11.7. The molecular formula is C14H24N2OS. The molecular weight excluding hydrogens is 244 g/mol. The van der Waals surface area contributed by atoms with Crippen LogP contribution in [-0.2, 0) is 11.2 Å². The summed E-state index contributed by atoms with van der Waals surface area (Å²) in [5.74, 6) is 0.129. The van der Waals surface area contributed by atoms with Gasteiger partial charge in [0.25, 0.3) is 0 Å². The van der Waals surface area contributed by atoms with Gasteiger partial charge in [-0.3, -0.25) is 4.79 Å². The molecule has 1 aromatic heterocycles. The van der Waals surface area contributed by atoms with Crippen molar-refractivity contribution in [2.75, 3.05) is 6.54 Å². The Kier molecular flexibility index (Phi) is 6.36. The molecule has 0 bridgehead atoms. The zero-order valence-corrected chi connectivity index (χ0v) is 12.6. The third kappa shape index (κ3) is 6.17. The maximum atomic E-state index is 11.7. The van der Waals surface area contributed by atoms with Crippen molar-refractivity contribution in [3.63, 3.8) is 0 Å². The van der Waals surface area contributed by atoms with E-state index in [1.165, 1.54) is 9.75 Å². The van der Waals surface area contributed by atoms with Gasteiger partial charge >= 0.3 is 0 Å². The fraction of sp³-hybridized carbons (Fsp3) is 0.643. The Hall–Kier alpha value is -0.870. The largest absolute Gasteiger partial charge is 0.353 e. The van der Waals surface area contributed by atoms with Gasteiger partial charge in [-0.15, -0.1) is 11.3 Å². The molecule has 102 valence electrons. The van der Waals surface area contributed by atoms with Crippen LogP contribution in [0.1, 0.15) is 36.9 Å². The number of hydrogen-bond acceptors (Lipinski definition) is 3. The van der Waals surface area contributed by atoms with Crippen LogP contribution in [-0.4, -0.2) is 24.5 Å². The Morgan fingerprint density at radius 1 is 1.33 bits per heavy atom. The van der Waals surface area contributed by atoms with Crippen molar-refractivity contribution in [3.8, 4) is 0 Å². The molecule has 0 spiro atoms. The minimum Gasteiger partial charge on any atom is -0.353 e. The molecule has 1 amide bonds. The van der Waals surface area contributed by atoms with E-state index in [4.69, 9.17) is 0 Å². The monoisotopic (exact) mass is 268 g/mol. The minimum atomic E-state index is 0.129. The van der Waals surface area contributed by atoms with E-state index in [-0.39, 0.29) is 11.9 Å². The summed E-state index contributed by atoms with van der Waals surface area (Å²) in [6, 6.07) is 4.91. The van der Waals surface area contributed by atoms with E-state index >= 15 is 0 Å². The molecule has 3 nitrogen and oxygen atoms in total.